The van der Waals surface area contributed by atoms with Gasteiger partial charge in [-0.3, -0.25) is 4.79 Å². The lowest BCUT2D eigenvalue weighted by Crippen LogP contribution is -2.20. The molecule has 1 heterocycles. The standard InChI is InChI=1S/C17H13ClN2OS/c18-13-7-5-12(6-8-13)11-19-16(21)9-10-17-20-14-3-1-2-4-15(14)22-17/h1-10H,11H2,(H,19,21). The van der Waals surface area contributed by atoms with Crippen LogP contribution in [0.5, 0.6) is 0 Å². The van der Waals surface area contributed by atoms with E-state index in [4.69, 9.17) is 11.6 Å². The van der Waals surface area contributed by atoms with Gasteiger partial charge in [-0.15, -0.1) is 11.3 Å². The number of amides is 1. The molecule has 0 unspecified atom stereocenters. The summed E-state index contributed by atoms with van der Waals surface area (Å²) in [6.07, 6.45) is 3.25. The average molecular weight is 329 g/mol. The zero-order valence-corrected chi connectivity index (χ0v) is 13.2. The Morgan fingerprint density at radius 3 is 2.73 bits per heavy atom. The number of rotatable bonds is 4. The Kier molecular flexibility index (Phi) is 4.51. The van der Waals surface area contributed by atoms with Crippen molar-refractivity contribution in [3.8, 4) is 0 Å². The normalized spacial score (nSPS) is 11.1. The molecule has 0 aliphatic heterocycles. The van der Waals surface area contributed by atoms with Crippen LogP contribution in [-0.2, 0) is 11.3 Å². The molecule has 1 N–H and O–H groups in total. The average Bonchev–Trinajstić information content (AvgIpc) is 2.95. The van der Waals surface area contributed by atoms with E-state index >= 15 is 0 Å². The van der Waals surface area contributed by atoms with Crippen LogP contribution in [0.1, 0.15) is 10.6 Å². The van der Waals surface area contributed by atoms with Crippen LogP contribution < -0.4 is 5.32 Å². The first-order chi connectivity index (χ1) is 10.7. The van der Waals surface area contributed by atoms with Gasteiger partial charge >= 0.3 is 0 Å². The fraction of sp³-hybridized carbons (Fsp3) is 0.0588. The number of hydrogen-bond acceptors (Lipinski definition) is 3. The van der Waals surface area contributed by atoms with E-state index in [2.05, 4.69) is 10.3 Å². The predicted octanol–water partition coefficient (Wildman–Crippen LogP) is 4.28. The van der Waals surface area contributed by atoms with Gasteiger partial charge in [-0.25, -0.2) is 4.98 Å². The molecule has 3 nitrogen and oxygen atoms in total. The van der Waals surface area contributed by atoms with Crippen molar-refractivity contribution < 1.29 is 4.79 Å². The second-order valence-corrected chi connectivity index (χ2v) is 6.20. The van der Waals surface area contributed by atoms with E-state index in [1.54, 1.807) is 29.5 Å². The zero-order valence-electron chi connectivity index (χ0n) is 11.6. The van der Waals surface area contributed by atoms with E-state index in [9.17, 15) is 4.79 Å². The molecule has 2 aromatic carbocycles. The van der Waals surface area contributed by atoms with Crippen LogP contribution in [-0.4, -0.2) is 10.9 Å². The van der Waals surface area contributed by atoms with Crippen LogP contribution in [0, 0.1) is 0 Å². The molecule has 3 rings (SSSR count). The van der Waals surface area contributed by atoms with E-state index < -0.39 is 0 Å². The van der Waals surface area contributed by atoms with Gasteiger partial charge in [0.1, 0.15) is 5.01 Å². The van der Waals surface area contributed by atoms with E-state index in [0.29, 0.717) is 11.6 Å². The molecular weight excluding hydrogens is 316 g/mol. The lowest BCUT2D eigenvalue weighted by molar-refractivity contribution is -0.116. The predicted molar refractivity (Wildman–Crippen MR) is 92.0 cm³/mol. The van der Waals surface area contributed by atoms with Crippen LogP contribution in [0.15, 0.2) is 54.6 Å². The molecule has 3 aromatic rings. The summed E-state index contributed by atoms with van der Waals surface area (Å²) in [6.45, 7) is 0.472. The van der Waals surface area contributed by atoms with Crippen LogP contribution in [0.2, 0.25) is 5.02 Å². The fourth-order valence-corrected chi connectivity index (χ4v) is 2.95. The minimum atomic E-state index is -0.144. The molecule has 22 heavy (non-hydrogen) atoms. The van der Waals surface area contributed by atoms with Crippen molar-refractivity contribution >= 4 is 45.1 Å². The third-order valence-corrected chi connectivity index (χ3v) is 4.32. The summed E-state index contributed by atoms with van der Waals surface area (Å²) < 4.78 is 1.11. The number of carbonyl (C=O) groups is 1. The molecular formula is C17H13ClN2OS. The van der Waals surface area contributed by atoms with Crippen molar-refractivity contribution in [1.29, 1.82) is 0 Å². The Balaban J connectivity index is 1.59. The summed E-state index contributed by atoms with van der Waals surface area (Å²) in [4.78, 5) is 16.3. The van der Waals surface area contributed by atoms with Gasteiger partial charge in [0.25, 0.3) is 0 Å². The molecule has 1 amide bonds. The summed E-state index contributed by atoms with van der Waals surface area (Å²) in [5.41, 5.74) is 1.96. The number of halogens is 1. The van der Waals surface area contributed by atoms with Gasteiger partial charge in [0.05, 0.1) is 10.2 Å². The molecule has 0 radical (unpaired) electrons. The quantitative estimate of drug-likeness (QED) is 0.726. The Bertz CT molecular complexity index is 791. The molecule has 0 spiro atoms. The largest absolute Gasteiger partial charge is 0.348 e. The highest BCUT2D eigenvalue weighted by Gasteiger charge is 2.01. The molecule has 1 aromatic heterocycles. The minimum absolute atomic E-state index is 0.144. The molecule has 0 saturated carbocycles. The summed E-state index contributed by atoms with van der Waals surface area (Å²) in [6, 6.07) is 15.3. The van der Waals surface area contributed by atoms with Crippen LogP contribution >= 0.6 is 22.9 Å². The first-order valence-electron chi connectivity index (χ1n) is 6.77. The van der Waals surface area contributed by atoms with E-state index in [1.165, 1.54) is 6.08 Å². The SMILES string of the molecule is O=C(C=Cc1nc2ccccc2s1)NCc1ccc(Cl)cc1. The number of thiazole rings is 1. The maximum absolute atomic E-state index is 11.8. The van der Waals surface area contributed by atoms with Crippen molar-refractivity contribution in [2.45, 2.75) is 6.54 Å². The Morgan fingerprint density at radius 1 is 1.18 bits per heavy atom. The maximum atomic E-state index is 11.8. The first-order valence-corrected chi connectivity index (χ1v) is 7.96. The van der Waals surface area contributed by atoms with Gasteiger partial charge in [-0.1, -0.05) is 35.9 Å². The van der Waals surface area contributed by atoms with Gasteiger partial charge in [0.2, 0.25) is 5.91 Å². The summed E-state index contributed by atoms with van der Waals surface area (Å²) >= 11 is 7.38. The van der Waals surface area contributed by atoms with Crippen LogP contribution in [0.4, 0.5) is 0 Å². The third kappa shape index (κ3) is 3.72. The van der Waals surface area contributed by atoms with Crippen molar-refractivity contribution in [2.24, 2.45) is 0 Å². The van der Waals surface area contributed by atoms with Gasteiger partial charge in [-0.2, -0.15) is 0 Å². The number of nitrogens with zero attached hydrogens (tertiary/aromatic N) is 1. The van der Waals surface area contributed by atoms with E-state index in [1.807, 2.05) is 36.4 Å². The van der Waals surface area contributed by atoms with Gasteiger partial charge < -0.3 is 5.32 Å². The van der Waals surface area contributed by atoms with Crippen molar-refractivity contribution in [1.82, 2.24) is 10.3 Å². The van der Waals surface area contributed by atoms with E-state index in [-0.39, 0.29) is 5.91 Å². The Labute approximate surface area is 137 Å². The Morgan fingerprint density at radius 2 is 1.95 bits per heavy atom. The first kappa shape index (κ1) is 14.8. The smallest absolute Gasteiger partial charge is 0.244 e. The molecule has 5 heteroatoms. The molecule has 110 valence electrons. The van der Waals surface area contributed by atoms with Gasteiger partial charge in [-0.05, 0) is 35.9 Å². The number of hydrogen-bond donors (Lipinski definition) is 1. The number of fused-ring (bicyclic) bond motifs is 1. The van der Waals surface area contributed by atoms with Gasteiger partial charge in [0, 0.05) is 17.6 Å². The number of aromatic nitrogens is 1. The van der Waals surface area contributed by atoms with Crippen molar-refractivity contribution in [3.63, 3.8) is 0 Å². The van der Waals surface area contributed by atoms with Crippen LogP contribution in [0.3, 0.4) is 0 Å². The highest BCUT2D eigenvalue weighted by Crippen LogP contribution is 2.22. The highest BCUT2D eigenvalue weighted by atomic mass is 35.5. The van der Waals surface area contributed by atoms with Gasteiger partial charge in [0.15, 0.2) is 0 Å². The third-order valence-electron chi connectivity index (χ3n) is 3.07. The Hall–Kier alpha value is -2.17. The minimum Gasteiger partial charge on any atom is -0.348 e. The molecule has 0 aliphatic rings. The maximum Gasteiger partial charge on any atom is 0.244 e. The lowest BCUT2D eigenvalue weighted by Gasteiger charge is -2.02. The zero-order chi connectivity index (χ0) is 15.4. The second-order valence-electron chi connectivity index (χ2n) is 4.70. The number of para-hydroxylation sites is 1. The van der Waals surface area contributed by atoms with Crippen LogP contribution in [0.25, 0.3) is 16.3 Å². The lowest BCUT2D eigenvalue weighted by atomic mass is 10.2. The fourth-order valence-electron chi connectivity index (χ4n) is 1.96. The number of nitrogens with one attached hydrogen (secondary N) is 1. The summed E-state index contributed by atoms with van der Waals surface area (Å²) in [7, 11) is 0. The molecule has 0 saturated heterocycles. The second kappa shape index (κ2) is 6.73. The molecule has 0 aliphatic carbocycles. The number of benzene rings is 2. The molecule has 0 atom stereocenters. The van der Waals surface area contributed by atoms with Crippen molar-refractivity contribution in [3.05, 3.63) is 70.2 Å². The monoisotopic (exact) mass is 328 g/mol. The highest BCUT2D eigenvalue weighted by molar-refractivity contribution is 7.19. The summed E-state index contributed by atoms with van der Waals surface area (Å²) in [5.74, 6) is -0.144. The number of carbonyl (C=O) groups excluding carboxylic acids is 1. The topological polar surface area (TPSA) is 42.0 Å². The molecule has 0 fully saturated rings. The van der Waals surface area contributed by atoms with Crippen molar-refractivity contribution in [2.75, 3.05) is 0 Å². The summed E-state index contributed by atoms with van der Waals surface area (Å²) in [5, 5.41) is 4.34. The van der Waals surface area contributed by atoms with E-state index in [0.717, 1.165) is 20.8 Å². The molecule has 0 bridgehead atoms.